The number of allylic oxidation sites excluding steroid dienone is 2. The molecule has 266 valence electrons. The van der Waals surface area contributed by atoms with E-state index in [-0.39, 0.29) is 5.97 Å². The molecule has 0 bridgehead atoms. The predicted octanol–water partition coefficient (Wildman–Crippen LogP) is 13.8. The van der Waals surface area contributed by atoms with Crippen molar-refractivity contribution in [2.24, 2.45) is 0 Å². The second-order valence-corrected chi connectivity index (χ2v) is 13.8. The number of esters is 1. The molecule has 45 heavy (non-hydrogen) atoms. The van der Waals surface area contributed by atoms with Gasteiger partial charge >= 0.3 is 11.9 Å². The van der Waals surface area contributed by atoms with Crippen LogP contribution in [0.3, 0.4) is 0 Å². The van der Waals surface area contributed by atoms with Crippen molar-refractivity contribution in [3.8, 4) is 0 Å². The summed E-state index contributed by atoms with van der Waals surface area (Å²) in [7, 11) is 0. The molecule has 0 rings (SSSR count). The Morgan fingerprint density at radius 3 is 1.16 bits per heavy atom. The molecule has 1 N–H and O–H groups in total. The zero-order chi connectivity index (χ0) is 32.9. The molecule has 4 heteroatoms. The van der Waals surface area contributed by atoms with Crippen molar-refractivity contribution in [2.75, 3.05) is 0 Å². The topological polar surface area (TPSA) is 63.6 Å². The second kappa shape index (κ2) is 37.1. The highest BCUT2D eigenvalue weighted by atomic mass is 16.6. The Hall–Kier alpha value is -1.32. The summed E-state index contributed by atoms with van der Waals surface area (Å²) in [6.45, 7) is 4.54. The zero-order valence-corrected chi connectivity index (χ0v) is 30.4. The fourth-order valence-electron chi connectivity index (χ4n) is 6.20. The van der Waals surface area contributed by atoms with Crippen LogP contribution >= 0.6 is 0 Å². The Balaban J connectivity index is 3.50. The molecule has 0 spiro atoms. The minimum atomic E-state index is -1.00. The third-order valence-corrected chi connectivity index (χ3v) is 9.26. The van der Waals surface area contributed by atoms with Crippen molar-refractivity contribution < 1.29 is 19.4 Å². The first-order valence-corrected chi connectivity index (χ1v) is 20.2. The van der Waals surface area contributed by atoms with Gasteiger partial charge in [-0.1, -0.05) is 193 Å². The number of aliphatic carboxylic acids is 1. The van der Waals surface area contributed by atoms with Crippen LogP contribution in [-0.2, 0) is 14.3 Å². The van der Waals surface area contributed by atoms with Gasteiger partial charge in [-0.3, -0.25) is 4.79 Å². The van der Waals surface area contributed by atoms with Gasteiger partial charge in [0, 0.05) is 6.42 Å². The number of ether oxygens (including phenoxy) is 1. The maximum absolute atomic E-state index is 12.2. The van der Waals surface area contributed by atoms with Crippen LogP contribution in [0.25, 0.3) is 0 Å². The van der Waals surface area contributed by atoms with Gasteiger partial charge in [0.05, 0.1) is 0 Å². The molecule has 0 fully saturated rings. The van der Waals surface area contributed by atoms with Gasteiger partial charge in [-0.2, -0.15) is 0 Å². The number of hydrogen-bond acceptors (Lipinski definition) is 3. The van der Waals surface area contributed by atoms with Crippen molar-refractivity contribution >= 4 is 11.9 Å². The smallest absolute Gasteiger partial charge is 0.345 e. The van der Waals surface area contributed by atoms with Gasteiger partial charge in [0.15, 0.2) is 6.10 Å². The molecule has 0 radical (unpaired) electrons. The summed E-state index contributed by atoms with van der Waals surface area (Å²) in [6, 6.07) is 0. The second-order valence-electron chi connectivity index (χ2n) is 13.8. The highest BCUT2D eigenvalue weighted by Crippen LogP contribution is 2.17. The van der Waals surface area contributed by atoms with Crippen molar-refractivity contribution in [3.05, 3.63) is 12.2 Å². The lowest BCUT2D eigenvalue weighted by Crippen LogP contribution is -2.27. The maximum atomic E-state index is 12.2. The van der Waals surface area contributed by atoms with Crippen molar-refractivity contribution in [2.45, 2.75) is 238 Å². The Bertz CT molecular complexity index is 643. The largest absolute Gasteiger partial charge is 0.479 e. The highest BCUT2D eigenvalue weighted by molar-refractivity contribution is 5.77. The molecule has 0 amide bonds. The fraction of sp³-hybridized carbons (Fsp3) is 0.902. The number of carboxylic acid groups (broad SMARTS) is 1. The summed E-state index contributed by atoms with van der Waals surface area (Å²) in [4.78, 5) is 23.8. The van der Waals surface area contributed by atoms with Crippen molar-refractivity contribution in [1.82, 2.24) is 0 Å². The van der Waals surface area contributed by atoms with Gasteiger partial charge in [0.2, 0.25) is 0 Å². The molecular formula is C41H78O4. The molecule has 4 nitrogen and oxygen atoms in total. The number of unbranched alkanes of at least 4 members (excludes halogenated alkanes) is 29. The Morgan fingerprint density at radius 1 is 0.467 bits per heavy atom. The maximum Gasteiger partial charge on any atom is 0.345 e. The normalized spacial score (nSPS) is 12.2. The number of carbonyl (C=O) groups excluding carboxylic acids is 1. The minimum Gasteiger partial charge on any atom is -0.479 e. The summed E-state index contributed by atoms with van der Waals surface area (Å²) in [5.41, 5.74) is 0. The van der Waals surface area contributed by atoms with Crippen molar-refractivity contribution in [1.29, 1.82) is 0 Å². The quantitative estimate of drug-likeness (QED) is 0.0419. The van der Waals surface area contributed by atoms with Crippen molar-refractivity contribution in [3.63, 3.8) is 0 Å². The molecule has 0 aliphatic heterocycles. The van der Waals surface area contributed by atoms with Crippen LogP contribution in [0.1, 0.15) is 232 Å². The number of carbonyl (C=O) groups is 2. The first-order chi connectivity index (χ1) is 22.1. The van der Waals surface area contributed by atoms with E-state index in [0.717, 1.165) is 38.5 Å². The van der Waals surface area contributed by atoms with E-state index in [2.05, 4.69) is 26.0 Å². The third-order valence-electron chi connectivity index (χ3n) is 9.26. The van der Waals surface area contributed by atoms with Gasteiger partial charge in [-0.05, 0) is 44.9 Å². The first kappa shape index (κ1) is 43.7. The SMILES string of the molecule is CCCCCC/C=C\CCCCCCCCC(=O)OC(CCCCCCCCCCCCCCCCCCCCCC)C(=O)O. The molecule has 0 aliphatic carbocycles. The van der Waals surface area contributed by atoms with Crippen LogP contribution in [0.4, 0.5) is 0 Å². The Labute approximate surface area is 281 Å². The average molecular weight is 635 g/mol. The summed E-state index contributed by atoms with van der Waals surface area (Å²) in [6.07, 6.45) is 45.4. The van der Waals surface area contributed by atoms with E-state index >= 15 is 0 Å². The summed E-state index contributed by atoms with van der Waals surface area (Å²) < 4.78 is 5.32. The monoisotopic (exact) mass is 635 g/mol. The lowest BCUT2D eigenvalue weighted by atomic mass is 10.0. The first-order valence-electron chi connectivity index (χ1n) is 20.2. The molecule has 0 saturated heterocycles. The van der Waals surface area contributed by atoms with Gasteiger partial charge in [-0.25, -0.2) is 4.79 Å². The predicted molar refractivity (Wildman–Crippen MR) is 195 cm³/mol. The van der Waals surface area contributed by atoms with E-state index in [4.69, 9.17) is 4.74 Å². The molecule has 0 aromatic rings. The molecule has 0 aromatic carbocycles. The van der Waals surface area contributed by atoms with Gasteiger partial charge in [0.25, 0.3) is 0 Å². The molecule has 1 atom stereocenters. The third kappa shape index (κ3) is 35.4. The molecule has 0 heterocycles. The van der Waals surface area contributed by atoms with Gasteiger partial charge in [-0.15, -0.1) is 0 Å². The van der Waals surface area contributed by atoms with Crippen LogP contribution in [0.5, 0.6) is 0 Å². The van der Waals surface area contributed by atoms with Crippen LogP contribution < -0.4 is 0 Å². The lowest BCUT2D eigenvalue weighted by molar-refractivity contribution is -0.164. The van der Waals surface area contributed by atoms with Crippen LogP contribution in [0.2, 0.25) is 0 Å². The number of carboxylic acids is 1. The Morgan fingerprint density at radius 2 is 0.778 bits per heavy atom. The van der Waals surface area contributed by atoms with Gasteiger partial charge in [0.1, 0.15) is 0 Å². The summed E-state index contributed by atoms with van der Waals surface area (Å²) >= 11 is 0. The van der Waals surface area contributed by atoms with E-state index in [1.165, 1.54) is 167 Å². The van der Waals surface area contributed by atoms with E-state index in [9.17, 15) is 14.7 Å². The van der Waals surface area contributed by atoms with Crippen LogP contribution in [-0.4, -0.2) is 23.1 Å². The summed E-state index contributed by atoms with van der Waals surface area (Å²) in [5, 5.41) is 9.49. The molecule has 0 aromatic heterocycles. The number of hydrogen-bond donors (Lipinski definition) is 1. The van der Waals surface area contributed by atoms with Crippen LogP contribution in [0, 0.1) is 0 Å². The fourth-order valence-corrected chi connectivity index (χ4v) is 6.20. The van der Waals surface area contributed by atoms with Crippen LogP contribution in [0.15, 0.2) is 12.2 Å². The lowest BCUT2D eigenvalue weighted by Gasteiger charge is -2.13. The van der Waals surface area contributed by atoms with E-state index in [0.29, 0.717) is 12.8 Å². The zero-order valence-electron chi connectivity index (χ0n) is 30.4. The average Bonchev–Trinajstić information content (AvgIpc) is 3.03. The van der Waals surface area contributed by atoms with E-state index in [1.807, 2.05) is 0 Å². The number of rotatable bonds is 37. The highest BCUT2D eigenvalue weighted by Gasteiger charge is 2.21. The molecular weight excluding hydrogens is 556 g/mol. The standard InChI is InChI=1S/C41H78O4/c1-3-5-7-9-11-13-15-17-19-20-21-22-23-24-25-27-29-31-33-35-37-39(41(43)44)45-40(42)38-36-34-32-30-28-26-18-16-14-12-10-8-6-4-2/h14,16,39H,3-13,15,17-38H2,1-2H3,(H,43,44)/b16-14-. The van der Waals surface area contributed by atoms with Gasteiger partial charge < -0.3 is 9.84 Å². The molecule has 0 saturated carbocycles. The van der Waals surface area contributed by atoms with E-state index in [1.54, 1.807) is 0 Å². The summed E-state index contributed by atoms with van der Waals surface area (Å²) in [5.74, 6) is -1.35. The Kier molecular flexibility index (Phi) is 36.1. The van der Waals surface area contributed by atoms with E-state index < -0.39 is 12.1 Å². The molecule has 0 aliphatic rings. The minimum absolute atomic E-state index is 0.337. The molecule has 1 unspecified atom stereocenters.